The standard InChI is InChI=1S/C12H14O6/c1-15-10-6-8(12(14)17-3)4-5-9(10)18-7-11(13)16-2/h4-6H,7H2,1-3H3. The van der Waals surface area contributed by atoms with Gasteiger partial charge >= 0.3 is 11.9 Å². The molecule has 0 aliphatic rings. The van der Waals surface area contributed by atoms with Crippen LogP contribution < -0.4 is 9.47 Å². The van der Waals surface area contributed by atoms with E-state index < -0.39 is 11.9 Å². The van der Waals surface area contributed by atoms with Crippen molar-refractivity contribution in [3.05, 3.63) is 23.8 Å². The van der Waals surface area contributed by atoms with Crippen molar-refractivity contribution in [2.45, 2.75) is 0 Å². The highest BCUT2D eigenvalue weighted by atomic mass is 16.6. The number of rotatable bonds is 5. The van der Waals surface area contributed by atoms with Gasteiger partial charge in [0.15, 0.2) is 18.1 Å². The first-order valence-electron chi connectivity index (χ1n) is 5.08. The van der Waals surface area contributed by atoms with E-state index in [2.05, 4.69) is 9.47 Å². The number of methoxy groups -OCH3 is 3. The molecule has 18 heavy (non-hydrogen) atoms. The van der Waals surface area contributed by atoms with E-state index in [0.29, 0.717) is 17.1 Å². The second-order valence-electron chi connectivity index (χ2n) is 3.22. The quantitative estimate of drug-likeness (QED) is 0.731. The maximum Gasteiger partial charge on any atom is 0.343 e. The van der Waals surface area contributed by atoms with Gasteiger partial charge in [-0.05, 0) is 18.2 Å². The van der Waals surface area contributed by atoms with E-state index in [1.54, 1.807) is 0 Å². The first kappa shape index (κ1) is 13.8. The smallest absolute Gasteiger partial charge is 0.343 e. The second-order valence-corrected chi connectivity index (χ2v) is 3.22. The molecule has 0 heterocycles. The van der Waals surface area contributed by atoms with Crippen molar-refractivity contribution < 1.29 is 28.5 Å². The van der Waals surface area contributed by atoms with Crippen LogP contribution >= 0.6 is 0 Å². The minimum atomic E-state index is -0.505. The summed E-state index contributed by atoms with van der Waals surface area (Å²) in [4.78, 5) is 22.3. The van der Waals surface area contributed by atoms with E-state index in [1.807, 2.05) is 0 Å². The van der Waals surface area contributed by atoms with E-state index in [4.69, 9.17) is 9.47 Å². The molecular formula is C12H14O6. The fraction of sp³-hybridized carbons (Fsp3) is 0.333. The van der Waals surface area contributed by atoms with Crippen molar-refractivity contribution in [3.63, 3.8) is 0 Å². The molecule has 0 fully saturated rings. The third-order valence-electron chi connectivity index (χ3n) is 2.16. The number of benzene rings is 1. The summed E-state index contributed by atoms with van der Waals surface area (Å²) in [5.74, 6) is -0.306. The van der Waals surface area contributed by atoms with E-state index >= 15 is 0 Å². The van der Waals surface area contributed by atoms with Gasteiger partial charge in [-0.1, -0.05) is 0 Å². The molecule has 0 saturated carbocycles. The average molecular weight is 254 g/mol. The summed E-state index contributed by atoms with van der Waals surface area (Å²) in [7, 11) is 3.99. The van der Waals surface area contributed by atoms with Crippen LogP contribution in [0.25, 0.3) is 0 Å². The third-order valence-corrected chi connectivity index (χ3v) is 2.16. The summed E-state index contributed by atoms with van der Waals surface area (Å²) in [6, 6.07) is 4.51. The zero-order chi connectivity index (χ0) is 13.5. The van der Waals surface area contributed by atoms with Crippen molar-refractivity contribution in [3.8, 4) is 11.5 Å². The number of carbonyl (C=O) groups excluding carboxylic acids is 2. The Morgan fingerprint density at radius 3 is 2.33 bits per heavy atom. The molecule has 6 nitrogen and oxygen atoms in total. The van der Waals surface area contributed by atoms with Gasteiger partial charge in [0.2, 0.25) is 0 Å². The van der Waals surface area contributed by atoms with Gasteiger partial charge in [-0.25, -0.2) is 9.59 Å². The Bertz CT molecular complexity index is 440. The molecule has 0 aliphatic carbocycles. The van der Waals surface area contributed by atoms with Gasteiger partial charge in [-0.2, -0.15) is 0 Å². The predicted octanol–water partition coefficient (Wildman–Crippen LogP) is 1.03. The molecule has 1 aromatic carbocycles. The highest BCUT2D eigenvalue weighted by molar-refractivity contribution is 5.90. The van der Waals surface area contributed by atoms with Crippen LogP contribution in [0.1, 0.15) is 10.4 Å². The fourth-order valence-corrected chi connectivity index (χ4v) is 1.23. The van der Waals surface area contributed by atoms with E-state index in [1.165, 1.54) is 39.5 Å². The molecule has 0 amide bonds. The Labute approximate surface area is 104 Å². The molecule has 0 spiro atoms. The summed E-state index contributed by atoms with van der Waals surface area (Å²) in [5, 5.41) is 0. The van der Waals surface area contributed by atoms with Gasteiger partial charge in [0.05, 0.1) is 26.9 Å². The summed E-state index contributed by atoms with van der Waals surface area (Å²) in [5.41, 5.74) is 0.333. The van der Waals surface area contributed by atoms with Gasteiger partial charge in [-0.3, -0.25) is 0 Å². The van der Waals surface area contributed by atoms with E-state index in [-0.39, 0.29) is 6.61 Å². The lowest BCUT2D eigenvalue weighted by atomic mass is 10.2. The van der Waals surface area contributed by atoms with Gasteiger partial charge in [0.1, 0.15) is 0 Å². The summed E-state index contributed by atoms with van der Waals surface area (Å²) >= 11 is 0. The minimum Gasteiger partial charge on any atom is -0.493 e. The van der Waals surface area contributed by atoms with Gasteiger partial charge < -0.3 is 18.9 Å². The Morgan fingerprint density at radius 2 is 1.78 bits per heavy atom. The molecular weight excluding hydrogens is 240 g/mol. The Morgan fingerprint density at radius 1 is 1.06 bits per heavy atom. The van der Waals surface area contributed by atoms with Crippen LogP contribution in [-0.4, -0.2) is 39.9 Å². The van der Waals surface area contributed by atoms with Crippen LogP contribution in [0.3, 0.4) is 0 Å². The van der Waals surface area contributed by atoms with Gasteiger partial charge in [-0.15, -0.1) is 0 Å². The maximum absolute atomic E-state index is 11.3. The Kier molecular flexibility index (Phi) is 4.98. The zero-order valence-corrected chi connectivity index (χ0v) is 10.4. The van der Waals surface area contributed by atoms with Crippen LogP contribution in [-0.2, 0) is 14.3 Å². The van der Waals surface area contributed by atoms with Crippen molar-refractivity contribution >= 4 is 11.9 Å². The Hall–Kier alpha value is -2.24. The summed E-state index contributed by atoms with van der Waals surface area (Å²) in [6.07, 6.45) is 0. The average Bonchev–Trinajstić information content (AvgIpc) is 2.43. The van der Waals surface area contributed by atoms with Crippen molar-refractivity contribution in [1.82, 2.24) is 0 Å². The summed E-state index contributed by atoms with van der Waals surface area (Å²) in [6.45, 7) is -0.232. The van der Waals surface area contributed by atoms with Crippen molar-refractivity contribution in [1.29, 1.82) is 0 Å². The van der Waals surface area contributed by atoms with Crippen LogP contribution in [0.4, 0.5) is 0 Å². The van der Waals surface area contributed by atoms with Crippen molar-refractivity contribution in [2.75, 3.05) is 27.9 Å². The highest BCUT2D eigenvalue weighted by Crippen LogP contribution is 2.28. The topological polar surface area (TPSA) is 71.1 Å². The molecule has 0 radical (unpaired) electrons. The van der Waals surface area contributed by atoms with E-state index in [9.17, 15) is 9.59 Å². The molecule has 1 aromatic rings. The van der Waals surface area contributed by atoms with Crippen LogP contribution in [0, 0.1) is 0 Å². The lowest BCUT2D eigenvalue weighted by Gasteiger charge is -2.10. The first-order chi connectivity index (χ1) is 8.62. The van der Waals surface area contributed by atoms with Gasteiger partial charge in [0.25, 0.3) is 0 Å². The number of ether oxygens (including phenoxy) is 4. The van der Waals surface area contributed by atoms with E-state index in [0.717, 1.165) is 0 Å². The molecule has 6 heteroatoms. The molecule has 0 saturated heterocycles. The number of carbonyl (C=O) groups is 2. The molecule has 1 rings (SSSR count). The molecule has 0 atom stereocenters. The molecule has 0 aliphatic heterocycles. The highest BCUT2D eigenvalue weighted by Gasteiger charge is 2.12. The first-order valence-corrected chi connectivity index (χ1v) is 5.08. The van der Waals surface area contributed by atoms with Crippen LogP contribution in [0.5, 0.6) is 11.5 Å². The lowest BCUT2D eigenvalue weighted by molar-refractivity contribution is -0.142. The second kappa shape index (κ2) is 6.48. The minimum absolute atomic E-state index is 0.232. The zero-order valence-electron chi connectivity index (χ0n) is 10.4. The van der Waals surface area contributed by atoms with Crippen LogP contribution in [0.15, 0.2) is 18.2 Å². The number of hydrogen-bond donors (Lipinski definition) is 0. The predicted molar refractivity (Wildman–Crippen MR) is 61.8 cm³/mol. The summed E-state index contributed by atoms with van der Waals surface area (Å²) < 4.78 is 19.3. The molecule has 0 aromatic heterocycles. The monoisotopic (exact) mass is 254 g/mol. The maximum atomic E-state index is 11.3. The SMILES string of the molecule is COC(=O)COc1ccc(C(=O)OC)cc1OC. The number of hydrogen-bond acceptors (Lipinski definition) is 6. The molecule has 0 unspecified atom stereocenters. The van der Waals surface area contributed by atoms with Crippen LogP contribution in [0.2, 0.25) is 0 Å². The van der Waals surface area contributed by atoms with Gasteiger partial charge in [0, 0.05) is 0 Å². The van der Waals surface area contributed by atoms with Crippen molar-refractivity contribution in [2.24, 2.45) is 0 Å². The molecule has 98 valence electrons. The lowest BCUT2D eigenvalue weighted by Crippen LogP contribution is -2.13. The largest absolute Gasteiger partial charge is 0.493 e. The third kappa shape index (κ3) is 3.38. The molecule has 0 bridgehead atoms. The number of esters is 2. The normalized spacial score (nSPS) is 9.50. The fourth-order valence-electron chi connectivity index (χ4n) is 1.23. The Balaban J connectivity index is 2.86. The molecule has 0 N–H and O–H groups in total.